The van der Waals surface area contributed by atoms with Gasteiger partial charge in [0.2, 0.25) is 0 Å². The maximum atomic E-state index is 12.5. The van der Waals surface area contributed by atoms with Gasteiger partial charge in [0.05, 0.1) is 15.6 Å². The van der Waals surface area contributed by atoms with Gasteiger partial charge in [-0.1, -0.05) is 66.5 Å². The van der Waals surface area contributed by atoms with Gasteiger partial charge in [-0.05, 0) is 41.8 Å². The normalized spacial score (nSPS) is 15.4. The maximum absolute atomic E-state index is 12.5. The Morgan fingerprint density at radius 2 is 1.80 bits per heavy atom. The highest BCUT2D eigenvalue weighted by molar-refractivity contribution is 6.39. The van der Waals surface area contributed by atoms with Crippen LogP contribution in [0.4, 0.5) is 0 Å². The average molecular weight is 447 g/mol. The third-order valence-electron chi connectivity index (χ3n) is 5.30. The second kappa shape index (κ2) is 10.1. The van der Waals surface area contributed by atoms with E-state index in [1.54, 1.807) is 6.07 Å². The molecule has 5 nitrogen and oxygen atoms in total. The number of hydrogen-bond acceptors (Lipinski definition) is 3. The van der Waals surface area contributed by atoms with Crippen LogP contribution in [0.15, 0.2) is 48.5 Å². The molecule has 2 aromatic rings. The van der Waals surface area contributed by atoms with Crippen molar-refractivity contribution in [2.45, 2.75) is 25.8 Å². The molecule has 158 valence electrons. The highest BCUT2D eigenvalue weighted by Crippen LogP contribution is 2.25. The van der Waals surface area contributed by atoms with E-state index in [-0.39, 0.29) is 22.0 Å². The van der Waals surface area contributed by atoms with Crippen LogP contribution in [0.25, 0.3) is 5.57 Å². The number of carbonyl (C=O) groups excluding carboxylic acids is 1. The Morgan fingerprint density at radius 3 is 2.33 bits per heavy atom. The Kier molecular flexibility index (Phi) is 7.53. The molecule has 1 heterocycles. The monoisotopic (exact) mass is 446 g/mol. The molecule has 1 aliphatic rings. The molecule has 0 bridgehead atoms. The van der Waals surface area contributed by atoms with Crippen molar-refractivity contribution in [2.24, 2.45) is 0 Å². The van der Waals surface area contributed by atoms with Crippen molar-refractivity contribution in [1.82, 2.24) is 10.2 Å². The number of rotatable bonds is 7. The van der Waals surface area contributed by atoms with E-state index in [0.29, 0.717) is 0 Å². The fourth-order valence-electron chi connectivity index (χ4n) is 3.50. The highest BCUT2D eigenvalue weighted by Gasteiger charge is 2.24. The van der Waals surface area contributed by atoms with E-state index in [4.69, 9.17) is 23.2 Å². The second-order valence-corrected chi connectivity index (χ2v) is 8.05. The van der Waals surface area contributed by atoms with Crippen LogP contribution in [0.3, 0.4) is 0 Å². The summed E-state index contributed by atoms with van der Waals surface area (Å²) in [5.41, 5.74) is 3.35. The molecule has 0 spiro atoms. The molecule has 1 unspecified atom stereocenters. The summed E-state index contributed by atoms with van der Waals surface area (Å²) in [6.07, 6.45) is 3.40. The van der Waals surface area contributed by atoms with Crippen LogP contribution in [0, 0.1) is 0 Å². The van der Waals surface area contributed by atoms with Crippen LogP contribution in [0.5, 0.6) is 0 Å². The van der Waals surface area contributed by atoms with Crippen molar-refractivity contribution in [1.29, 1.82) is 0 Å². The zero-order valence-corrected chi connectivity index (χ0v) is 18.2. The van der Waals surface area contributed by atoms with Gasteiger partial charge in [-0.15, -0.1) is 0 Å². The minimum absolute atomic E-state index is 0.0767. The minimum atomic E-state index is -1.12. The van der Waals surface area contributed by atoms with Gasteiger partial charge in [0.15, 0.2) is 0 Å². The van der Waals surface area contributed by atoms with E-state index in [1.807, 2.05) is 24.3 Å². The highest BCUT2D eigenvalue weighted by atomic mass is 35.5. The first-order valence-corrected chi connectivity index (χ1v) is 10.6. The molecule has 1 aliphatic heterocycles. The predicted octanol–water partition coefficient (Wildman–Crippen LogP) is 4.53. The van der Waals surface area contributed by atoms with Crippen molar-refractivity contribution >= 4 is 40.7 Å². The third kappa shape index (κ3) is 5.42. The molecule has 0 aromatic heterocycles. The summed E-state index contributed by atoms with van der Waals surface area (Å²) in [5, 5.41) is 12.5. The molecule has 3 rings (SSSR count). The van der Waals surface area contributed by atoms with Gasteiger partial charge in [-0.25, -0.2) is 4.79 Å². The number of carboxylic acid groups (broad SMARTS) is 1. The fourth-order valence-corrected chi connectivity index (χ4v) is 4.07. The van der Waals surface area contributed by atoms with Crippen LogP contribution >= 0.6 is 23.2 Å². The quantitative estimate of drug-likeness (QED) is 0.655. The van der Waals surface area contributed by atoms with Gasteiger partial charge in [0, 0.05) is 19.5 Å². The number of hydrogen-bond donors (Lipinski definition) is 2. The lowest BCUT2D eigenvalue weighted by atomic mass is 9.97. The van der Waals surface area contributed by atoms with Crippen LogP contribution in [0.2, 0.25) is 10.0 Å². The molecular formula is C23H24Cl2N2O3. The summed E-state index contributed by atoms with van der Waals surface area (Å²) in [6, 6.07) is 11.4. The predicted molar refractivity (Wildman–Crippen MR) is 120 cm³/mol. The van der Waals surface area contributed by atoms with E-state index < -0.39 is 17.9 Å². The summed E-state index contributed by atoms with van der Waals surface area (Å²) in [5.74, 6) is -1.73. The standard InChI is InChI=1S/C23H24Cl2N2O3/c1-2-27-12-10-17(11-13-27)16-8-6-15(7-9-16)14-20(23(29)30)26-22(28)21-18(24)4-3-5-19(21)25/h3-10,20H,2,11-14H2,1H3,(H,26,28)(H,29,30). The van der Waals surface area contributed by atoms with Crippen molar-refractivity contribution < 1.29 is 14.7 Å². The third-order valence-corrected chi connectivity index (χ3v) is 5.93. The van der Waals surface area contributed by atoms with Crippen molar-refractivity contribution in [3.8, 4) is 0 Å². The molecule has 2 N–H and O–H groups in total. The van der Waals surface area contributed by atoms with Crippen molar-refractivity contribution in [3.05, 3.63) is 75.3 Å². The number of nitrogens with zero attached hydrogens (tertiary/aromatic N) is 1. The van der Waals surface area contributed by atoms with Crippen LogP contribution < -0.4 is 5.32 Å². The molecule has 0 saturated heterocycles. The van der Waals surface area contributed by atoms with Crippen LogP contribution in [-0.4, -0.2) is 47.6 Å². The zero-order chi connectivity index (χ0) is 21.7. The van der Waals surface area contributed by atoms with E-state index >= 15 is 0 Å². The van der Waals surface area contributed by atoms with Gasteiger partial charge in [-0.3, -0.25) is 9.69 Å². The molecule has 30 heavy (non-hydrogen) atoms. The lowest BCUT2D eigenvalue weighted by Crippen LogP contribution is -2.42. The number of carbonyl (C=O) groups is 2. The van der Waals surface area contributed by atoms with E-state index in [9.17, 15) is 14.7 Å². The Morgan fingerprint density at radius 1 is 1.13 bits per heavy atom. The fraction of sp³-hybridized carbons (Fsp3) is 0.304. The number of aliphatic carboxylic acids is 1. The molecule has 1 amide bonds. The van der Waals surface area contributed by atoms with Crippen LogP contribution in [0.1, 0.15) is 34.8 Å². The summed E-state index contributed by atoms with van der Waals surface area (Å²) < 4.78 is 0. The number of amides is 1. The first-order valence-electron chi connectivity index (χ1n) is 9.87. The first-order chi connectivity index (χ1) is 14.4. The first kappa shape index (κ1) is 22.3. The molecule has 7 heteroatoms. The van der Waals surface area contributed by atoms with E-state index in [2.05, 4.69) is 23.2 Å². The second-order valence-electron chi connectivity index (χ2n) is 7.23. The molecular weight excluding hydrogens is 423 g/mol. The van der Waals surface area contributed by atoms with Gasteiger partial charge < -0.3 is 10.4 Å². The Bertz CT molecular complexity index is 937. The lowest BCUT2D eigenvalue weighted by Gasteiger charge is -2.25. The van der Waals surface area contributed by atoms with Gasteiger partial charge in [-0.2, -0.15) is 0 Å². The summed E-state index contributed by atoms with van der Waals surface area (Å²) >= 11 is 12.1. The minimum Gasteiger partial charge on any atom is -0.480 e. The van der Waals surface area contributed by atoms with Gasteiger partial charge in [0.25, 0.3) is 5.91 Å². The Labute approximate surface area is 186 Å². The summed E-state index contributed by atoms with van der Waals surface area (Å²) in [4.78, 5) is 26.6. The number of nitrogens with one attached hydrogen (secondary N) is 1. The molecule has 2 aromatic carbocycles. The van der Waals surface area contributed by atoms with Crippen LogP contribution in [-0.2, 0) is 11.2 Å². The smallest absolute Gasteiger partial charge is 0.326 e. The Hall–Kier alpha value is -2.34. The number of likely N-dealkylation sites (N-methyl/N-ethyl adjacent to an activating group) is 1. The average Bonchev–Trinajstić information content (AvgIpc) is 2.73. The number of carboxylic acids is 1. The van der Waals surface area contributed by atoms with Gasteiger partial charge >= 0.3 is 5.97 Å². The molecule has 0 fully saturated rings. The SMILES string of the molecule is CCN1CC=C(c2ccc(CC(NC(=O)c3c(Cl)cccc3Cl)C(=O)O)cc2)CC1. The number of benzene rings is 2. The zero-order valence-electron chi connectivity index (χ0n) is 16.7. The van der Waals surface area contributed by atoms with Crippen molar-refractivity contribution in [3.63, 3.8) is 0 Å². The topological polar surface area (TPSA) is 69.6 Å². The molecule has 0 saturated carbocycles. The number of halogens is 2. The van der Waals surface area contributed by atoms with E-state index in [1.165, 1.54) is 17.7 Å². The Balaban J connectivity index is 1.69. The largest absolute Gasteiger partial charge is 0.480 e. The molecule has 1 atom stereocenters. The van der Waals surface area contributed by atoms with Crippen molar-refractivity contribution in [2.75, 3.05) is 19.6 Å². The molecule has 0 aliphatic carbocycles. The lowest BCUT2D eigenvalue weighted by molar-refractivity contribution is -0.139. The molecule has 0 radical (unpaired) electrons. The van der Waals surface area contributed by atoms with E-state index in [0.717, 1.165) is 37.2 Å². The maximum Gasteiger partial charge on any atom is 0.326 e. The summed E-state index contributed by atoms with van der Waals surface area (Å²) in [6.45, 7) is 5.20. The van der Waals surface area contributed by atoms with Gasteiger partial charge in [0.1, 0.15) is 6.04 Å². The summed E-state index contributed by atoms with van der Waals surface area (Å²) in [7, 11) is 0.